The summed E-state index contributed by atoms with van der Waals surface area (Å²) in [5.41, 5.74) is 0.442. The second-order valence-corrected chi connectivity index (χ2v) is 6.66. The van der Waals surface area contributed by atoms with Crippen LogP contribution >= 0.6 is 11.6 Å². The van der Waals surface area contributed by atoms with E-state index in [-0.39, 0.29) is 24.2 Å². The molecule has 0 saturated carbocycles. The lowest BCUT2D eigenvalue weighted by Gasteiger charge is -2.23. The molecule has 1 rings (SSSR count). The van der Waals surface area contributed by atoms with Crippen LogP contribution in [-0.4, -0.2) is 30.4 Å². The van der Waals surface area contributed by atoms with Crippen molar-refractivity contribution < 1.29 is 14.6 Å². The summed E-state index contributed by atoms with van der Waals surface area (Å²) >= 11 is 6.12. The topological polar surface area (TPSA) is 70.6 Å². The van der Waals surface area contributed by atoms with E-state index >= 15 is 0 Å². The molecule has 1 aromatic carbocycles. The Morgan fingerprint density at radius 1 is 1.41 bits per heavy atom. The summed E-state index contributed by atoms with van der Waals surface area (Å²) in [5, 5.41) is 14.9. The summed E-state index contributed by atoms with van der Waals surface area (Å²) in [6, 6.07) is 4.81. The number of carbonyl (C=O) groups is 1. The number of anilines is 1. The average Bonchev–Trinajstić information content (AvgIpc) is 2.39. The van der Waals surface area contributed by atoms with Crippen molar-refractivity contribution in [2.75, 3.05) is 18.5 Å². The van der Waals surface area contributed by atoms with Crippen molar-refractivity contribution in [3.05, 3.63) is 23.2 Å². The van der Waals surface area contributed by atoms with Crippen molar-refractivity contribution in [1.29, 1.82) is 0 Å². The highest BCUT2D eigenvalue weighted by molar-refractivity contribution is 6.32. The molecule has 0 aliphatic rings. The normalized spacial score (nSPS) is 11.4. The molecule has 1 aromatic rings. The number of hydrogen-bond donors (Lipinski definition) is 3. The van der Waals surface area contributed by atoms with E-state index < -0.39 is 0 Å². The van der Waals surface area contributed by atoms with Crippen LogP contribution in [-0.2, 0) is 0 Å². The number of aliphatic hydroxyl groups is 1. The van der Waals surface area contributed by atoms with Gasteiger partial charge in [0.05, 0.1) is 11.1 Å². The Morgan fingerprint density at radius 3 is 2.64 bits per heavy atom. The first kappa shape index (κ1) is 18.6. The van der Waals surface area contributed by atoms with E-state index in [0.717, 1.165) is 0 Å². The van der Waals surface area contributed by atoms with Crippen LogP contribution in [0, 0.1) is 5.41 Å². The molecule has 3 N–H and O–H groups in total. The molecular weight excluding hydrogens is 304 g/mol. The van der Waals surface area contributed by atoms with Crippen LogP contribution in [0.1, 0.15) is 34.1 Å². The molecule has 0 radical (unpaired) electrons. The molecule has 0 aliphatic heterocycles. The predicted molar refractivity (Wildman–Crippen MR) is 89.7 cm³/mol. The van der Waals surface area contributed by atoms with Gasteiger partial charge in [-0.05, 0) is 43.9 Å². The molecule has 6 heteroatoms. The second-order valence-electron chi connectivity index (χ2n) is 6.26. The minimum absolute atomic E-state index is 0.0355. The van der Waals surface area contributed by atoms with Crippen LogP contribution in [0.4, 0.5) is 10.5 Å². The van der Waals surface area contributed by atoms with Gasteiger partial charge >= 0.3 is 6.03 Å². The van der Waals surface area contributed by atoms with Gasteiger partial charge < -0.3 is 20.5 Å². The van der Waals surface area contributed by atoms with Crippen LogP contribution < -0.4 is 15.4 Å². The van der Waals surface area contributed by atoms with Gasteiger partial charge in [0.25, 0.3) is 0 Å². The fraction of sp³-hybridized carbons (Fsp3) is 0.562. The fourth-order valence-corrected chi connectivity index (χ4v) is 2.04. The lowest BCUT2D eigenvalue weighted by molar-refractivity contribution is 0.204. The molecule has 2 amide bonds. The maximum absolute atomic E-state index is 11.9. The number of amides is 2. The molecule has 0 atom stereocenters. The van der Waals surface area contributed by atoms with Crippen molar-refractivity contribution in [1.82, 2.24) is 5.32 Å². The Labute approximate surface area is 137 Å². The number of hydrogen-bond acceptors (Lipinski definition) is 3. The predicted octanol–water partition coefficient (Wildman–Crippen LogP) is 3.66. The van der Waals surface area contributed by atoms with Gasteiger partial charge in [0, 0.05) is 18.8 Å². The Morgan fingerprint density at radius 2 is 2.09 bits per heavy atom. The van der Waals surface area contributed by atoms with E-state index in [0.29, 0.717) is 29.4 Å². The highest BCUT2D eigenvalue weighted by Crippen LogP contribution is 2.28. The third-order valence-electron chi connectivity index (χ3n) is 3.07. The zero-order valence-corrected chi connectivity index (χ0v) is 14.3. The zero-order valence-electron chi connectivity index (χ0n) is 13.6. The van der Waals surface area contributed by atoms with Crippen LogP contribution in [0.25, 0.3) is 0 Å². The molecule has 0 bridgehead atoms. The van der Waals surface area contributed by atoms with Gasteiger partial charge in [0.2, 0.25) is 0 Å². The van der Waals surface area contributed by atoms with Crippen LogP contribution in [0.2, 0.25) is 5.02 Å². The summed E-state index contributed by atoms with van der Waals surface area (Å²) in [7, 11) is 0. The van der Waals surface area contributed by atoms with E-state index in [1.165, 1.54) is 0 Å². The Balaban J connectivity index is 2.56. The van der Waals surface area contributed by atoms with Gasteiger partial charge in [-0.2, -0.15) is 0 Å². The first-order chi connectivity index (χ1) is 10.2. The van der Waals surface area contributed by atoms with Gasteiger partial charge in [-0.25, -0.2) is 4.79 Å². The third-order valence-corrected chi connectivity index (χ3v) is 3.36. The number of halogens is 1. The number of rotatable bonds is 7. The minimum atomic E-state index is -0.306. The summed E-state index contributed by atoms with van der Waals surface area (Å²) in [5.74, 6) is 0.590. The van der Waals surface area contributed by atoms with E-state index in [4.69, 9.17) is 21.4 Å². The van der Waals surface area contributed by atoms with Crippen LogP contribution in [0.15, 0.2) is 18.2 Å². The first-order valence-corrected chi connectivity index (χ1v) is 7.73. The quantitative estimate of drug-likeness (QED) is 0.715. The minimum Gasteiger partial charge on any atom is -0.489 e. The van der Waals surface area contributed by atoms with E-state index in [2.05, 4.69) is 10.6 Å². The molecule has 0 heterocycles. The van der Waals surface area contributed by atoms with Gasteiger partial charge in [0.15, 0.2) is 0 Å². The Kier molecular flexibility index (Phi) is 6.97. The van der Waals surface area contributed by atoms with Gasteiger partial charge in [0.1, 0.15) is 5.75 Å². The number of urea groups is 1. The molecule has 5 nitrogen and oxygen atoms in total. The second kappa shape index (κ2) is 8.25. The van der Waals surface area contributed by atoms with Gasteiger partial charge in [-0.3, -0.25) is 0 Å². The van der Waals surface area contributed by atoms with Crippen molar-refractivity contribution in [3.63, 3.8) is 0 Å². The molecule has 22 heavy (non-hydrogen) atoms. The number of ether oxygens (including phenoxy) is 1. The van der Waals surface area contributed by atoms with Crippen molar-refractivity contribution >= 4 is 23.3 Å². The number of benzene rings is 1. The van der Waals surface area contributed by atoms with E-state index in [1.807, 2.05) is 27.7 Å². The molecule has 0 aliphatic carbocycles. The maximum Gasteiger partial charge on any atom is 0.319 e. The molecule has 0 fully saturated rings. The lowest BCUT2D eigenvalue weighted by atomic mass is 9.90. The average molecular weight is 329 g/mol. The van der Waals surface area contributed by atoms with Crippen LogP contribution in [0.5, 0.6) is 5.75 Å². The zero-order chi connectivity index (χ0) is 16.8. The summed E-state index contributed by atoms with van der Waals surface area (Å²) in [6.07, 6.45) is 0.661. The van der Waals surface area contributed by atoms with E-state index in [9.17, 15) is 4.79 Å². The highest BCUT2D eigenvalue weighted by atomic mass is 35.5. The van der Waals surface area contributed by atoms with Crippen molar-refractivity contribution in [3.8, 4) is 5.75 Å². The number of aliphatic hydroxyl groups excluding tert-OH is 1. The standard InChI is InChI=1S/C16H25ClN2O3/c1-11(2)22-14-6-5-12(9-13(14)17)19-15(21)18-10-16(3,4)7-8-20/h5-6,9,11,20H,7-8,10H2,1-4H3,(H2,18,19,21). The molecule has 124 valence electrons. The smallest absolute Gasteiger partial charge is 0.319 e. The van der Waals surface area contributed by atoms with Gasteiger partial charge in [-0.15, -0.1) is 0 Å². The largest absolute Gasteiger partial charge is 0.489 e. The SMILES string of the molecule is CC(C)Oc1ccc(NC(=O)NCC(C)(C)CCO)cc1Cl. The molecule has 0 saturated heterocycles. The Hall–Kier alpha value is -1.46. The molecule has 0 spiro atoms. The van der Waals surface area contributed by atoms with E-state index in [1.54, 1.807) is 18.2 Å². The van der Waals surface area contributed by atoms with Crippen molar-refractivity contribution in [2.45, 2.75) is 40.2 Å². The first-order valence-electron chi connectivity index (χ1n) is 7.35. The Bertz CT molecular complexity index is 504. The van der Waals surface area contributed by atoms with Gasteiger partial charge in [-0.1, -0.05) is 25.4 Å². The molecule has 0 aromatic heterocycles. The number of carbonyl (C=O) groups excluding carboxylic acids is 1. The number of nitrogens with one attached hydrogen (secondary N) is 2. The maximum atomic E-state index is 11.9. The molecule has 0 unspecified atom stereocenters. The highest BCUT2D eigenvalue weighted by Gasteiger charge is 2.18. The fourth-order valence-electron chi connectivity index (χ4n) is 1.81. The lowest BCUT2D eigenvalue weighted by Crippen LogP contribution is -2.37. The third kappa shape index (κ3) is 6.54. The monoisotopic (exact) mass is 328 g/mol. The summed E-state index contributed by atoms with van der Waals surface area (Å²) in [6.45, 7) is 8.38. The van der Waals surface area contributed by atoms with Crippen LogP contribution in [0.3, 0.4) is 0 Å². The summed E-state index contributed by atoms with van der Waals surface area (Å²) < 4.78 is 5.54. The molecular formula is C16H25ClN2O3. The van der Waals surface area contributed by atoms with Crippen molar-refractivity contribution in [2.24, 2.45) is 5.41 Å². The summed E-state index contributed by atoms with van der Waals surface area (Å²) in [4.78, 5) is 11.9.